The molecule has 1 aromatic rings. The van der Waals surface area contributed by atoms with Crippen molar-refractivity contribution in [2.24, 2.45) is 13.0 Å². The van der Waals surface area contributed by atoms with Gasteiger partial charge in [0.05, 0.1) is 0 Å². The van der Waals surface area contributed by atoms with Crippen LogP contribution < -0.4 is 10.9 Å². The summed E-state index contributed by atoms with van der Waals surface area (Å²) in [4.78, 5) is 23.0. The lowest BCUT2D eigenvalue weighted by Gasteiger charge is -2.10. The molecule has 0 unspecified atom stereocenters. The van der Waals surface area contributed by atoms with Crippen LogP contribution in [-0.2, 0) is 18.4 Å². The van der Waals surface area contributed by atoms with Crippen LogP contribution in [0.15, 0.2) is 23.1 Å². The number of hydrogen-bond acceptors (Lipinski definition) is 2. The Morgan fingerprint density at radius 2 is 2.12 bits per heavy atom. The molecule has 0 saturated heterocycles. The van der Waals surface area contributed by atoms with Crippen molar-refractivity contribution in [2.75, 3.05) is 0 Å². The van der Waals surface area contributed by atoms with Crippen LogP contribution >= 0.6 is 0 Å². The van der Waals surface area contributed by atoms with Crippen LogP contribution in [0.5, 0.6) is 0 Å². The monoisotopic (exact) mass is 234 g/mol. The zero-order chi connectivity index (χ0) is 12.3. The predicted octanol–water partition coefficient (Wildman–Crippen LogP) is 1.19. The van der Waals surface area contributed by atoms with E-state index in [-0.39, 0.29) is 17.4 Å². The Labute approximate surface area is 101 Å². The maximum absolute atomic E-state index is 11.8. The Balaban J connectivity index is 1.90. The molecule has 4 nitrogen and oxygen atoms in total. The summed E-state index contributed by atoms with van der Waals surface area (Å²) in [5.41, 5.74) is 0.925. The minimum atomic E-state index is -0.0316. The lowest BCUT2D eigenvalue weighted by atomic mass is 10.1. The van der Waals surface area contributed by atoms with E-state index < -0.39 is 0 Å². The van der Waals surface area contributed by atoms with Gasteiger partial charge in [-0.25, -0.2) is 0 Å². The number of nitrogens with zero attached hydrogens (tertiary/aromatic N) is 1. The second kappa shape index (κ2) is 5.17. The van der Waals surface area contributed by atoms with E-state index in [0.29, 0.717) is 6.54 Å². The fraction of sp³-hybridized carbons (Fsp3) is 0.538. The second-order valence-corrected chi connectivity index (χ2v) is 4.69. The highest BCUT2D eigenvalue weighted by atomic mass is 16.2. The molecule has 1 aliphatic carbocycles. The van der Waals surface area contributed by atoms with Crippen molar-refractivity contribution in [3.05, 3.63) is 34.2 Å². The Bertz CT molecular complexity index is 459. The molecule has 0 aromatic carbocycles. The van der Waals surface area contributed by atoms with Gasteiger partial charge in [0.2, 0.25) is 11.5 Å². The third-order valence-corrected chi connectivity index (χ3v) is 3.34. The molecule has 1 amide bonds. The molecule has 2 rings (SSSR count). The lowest BCUT2D eigenvalue weighted by Crippen LogP contribution is -2.29. The van der Waals surface area contributed by atoms with Crippen LogP contribution in [0, 0.1) is 5.92 Å². The maximum Gasteiger partial charge on any atom is 0.250 e. The molecule has 92 valence electrons. The summed E-state index contributed by atoms with van der Waals surface area (Å²) in [5, 5.41) is 2.93. The predicted molar refractivity (Wildman–Crippen MR) is 65.5 cm³/mol. The smallest absolute Gasteiger partial charge is 0.250 e. The van der Waals surface area contributed by atoms with Crippen LogP contribution in [-0.4, -0.2) is 10.5 Å². The number of hydrogen-bond donors (Lipinski definition) is 1. The lowest BCUT2D eigenvalue weighted by molar-refractivity contribution is -0.124. The van der Waals surface area contributed by atoms with Gasteiger partial charge in [-0.2, -0.15) is 0 Å². The molecule has 1 aromatic heterocycles. The van der Waals surface area contributed by atoms with E-state index in [0.717, 1.165) is 31.2 Å². The molecule has 4 heteroatoms. The zero-order valence-corrected chi connectivity index (χ0v) is 10.1. The number of aryl methyl sites for hydroxylation is 1. The first-order valence-electron chi connectivity index (χ1n) is 6.10. The van der Waals surface area contributed by atoms with E-state index in [1.807, 2.05) is 0 Å². The number of nitrogens with one attached hydrogen (secondary N) is 1. The molecule has 1 fully saturated rings. The SMILES string of the molecule is Cn1cc(CNC(=O)C2CCCC2)ccc1=O. The van der Waals surface area contributed by atoms with Gasteiger partial charge in [-0.3, -0.25) is 9.59 Å². The second-order valence-electron chi connectivity index (χ2n) is 4.69. The van der Waals surface area contributed by atoms with Gasteiger partial charge < -0.3 is 9.88 Å². The summed E-state index contributed by atoms with van der Waals surface area (Å²) in [5.74, 6) is 0.346. The highest BCUT2D eigenvalue weighted by Crippen LogP contribution is 2.24. The number of amides is 1. The van der Waals surface area contributed by atoms with Gasteiger partial charge >= 0.3 is 0 Å². The van der Waals surface area contributed by atoms with Crippen LogP contribution in [0.1, 0.15) is 31.2 Å². The number of pyridine rings is 1. The summed E-state index contributed by atoms with van der Waals surface area (Å²) >= 11 is 0. The Kier molecular flexibility index (Phi) is 3.61. The van der Waals surface area contributed by atoms with E-state index in [9.17, 15) is 9.59 Å². The number of aromatic nitrogens is 1. The number of carbonyl (C=O) groups excluding carboxylic acids is 1. The molecule has 1 N–H and O–H groups in total. The van der Waals surface area contributed by atoms with Crippen molar-refractivity contribution in [3.8, 4) is 0 Å². The molecular formula is C13H18N2O2. The summed E-state index contributed by atoms with van der Waals surface area (Å²) in [6.45, 7) is 0.503. The van der Waals surface area contributed by atoms with Crippen LogP contribution in [0.25, 0.3) is 0 Å². The molecular weight excluding hydrogens is 216 g/mol. The standard InChI is InChI=1S/C13H18N2O2/c1-15-9-10(6-7-12(15)16)8-14-13(17)11-4-2-3-5-11/h6-7,9,11H,2-5,8H2,1H3,(H,14,17). The van der Waals surface area contributed by atoms with Crippen LogP contribution in [0.3, 0.4) is 0 Å². The third kappa shape index (κ3) is 2.96. The van der Waals surface area contributed by atoms with E-state index in [1.165, 1.54) is 10.6 Å². The largest absolute Gasteiger partial charge is 0.352 e. The van der Waals surface area contributed by atoms with Crippen molar-refractivity contribution in [1.29, 1.82) is 0 Å². The minimum absolute atomic E-state index is 0.0316. The highest BCUT2D eigenvalue weighted by molar-refractivity contribution is 5.78. The van der Waals surface area contributed by atoms with Gasteiger partial charge in [0.15, 0.2) is 0 Å². The average Bonchev–Trinajstić information content (AvgIpc) is 2.84. The highest BCUT2D eigenvalue weighted by Gasteiger charge is 2.21. The maximum atomic E-state index is 11.8. The van der Waals surface area contributed by atoms with Gasteiger partial charge in [0, 0.05) is 31.8 Å². The first-order valence-corrected chi connectivity index (χ1v) is 6.10. The normalized spacial score (nSPS) is 16.1. The van der Waals surface area contributed by atoms with E-state index >= 15 is 0 Å². The van der Waals surface area contributed by atoms with E-state index in [2.05, 4.69) is 5.32 Å². The molecule has 0 spiro atoms. The third-order valence-electron chi connectivity index (χ3n) is 3.34. The molecule has 0 bridgehead atoms. The summed E-state index contributed by atoms with van der Waals surface area (Å²) in [6.07, 6.45) is 6.12. The van der Waals surface area contributed by atoms with Crippen LogP contribution in [0.4, 0.5) is 0 Å². The quantitative estimate of drug-likeness (QED) is 0.854. The van der Waals surface area contributed by atoms with Gasteiger partial charge in [0.25, 0.3) is 0 Å². The first-order chi connectivity index (χ1) is 8.16. The Hall–Kier alpha value is -1.58. The summed E-state index contributed by atoms with van der Waals surface area (Å²) in [6, 6.07) is 3.29. The van der Waals surface area contributed by atoms with Gasteiger partial charge in [0.1, 0.15) is 0 Å². The van der Waals surface area contributed by atoms with Gasteiger partial charge in [-0.05, 0) is 18.4 Å². The van der Waals surface area contributed by atoms with Crippen molar-refractivity contribution in [2.45, 2.75) is 32.2 Å². The Morgan fingerprint density at radius 1 is 1.41 bits per heavy atom. The van der Waals surface area contributed by atoms with Crippen molar-refractivity contribution >= 4 is 5.91 Å². The average molecular weight is 234 g/mol. The van der Waals surface area contributed by atoms with E-state index in [4.69, 9.17) is 0 Å². The van der Waals surface area contributed by atoms with Crippen molar-refractivity contribution in [3.63, 3.8) is 0 Å². The number of rotatable bonds is 3. The molecule has 1 heterocycles. The molecule has 17 heavy (non-hydrogen) atoms. The van der Waals surface area contributed by atoms with Crippen molar-refractivity contribution in [1.82, 2.24) is 9.88 Å². The Morgan fingerprint density at radius 3 is 2.76 bits per heavy atom. The van der Waals surface area contributed by atoms with Crippen molar-refractivity contribution < 1.29 is 4.79 Å². The minimum Gasteiger partial charge on any atom is -0.352 e. The van der Waals surface area contributed by atoms with Crippen LogP contribution in [0.2, 0.25) is 0 Å². The summed E-state index contributed by atoms with van der Waals surface area (Å²) in [7, 11) is 1.71. The molecule has 0 radical (unpaired) electrons. The molecule has 0 aliphatic heterocycles. The van der Waals surface area contributed by atoms with Gasteiger partial charge in [-0.1, -0.05) is 18.9 Å². The fourth-order valence-corrected chi connectivity index (χ4v) is 2.28. The molecule has 1 saturated carbocycles. The summed E-state index contributed by atoms with van der Waals surface area (Å²) < 4.78 is 1.52. The fourth-order valence-electron chi connectivity index (χ4n) is 2.28. The zero-order valence-electron chi connectivity index (χ0n) is 10.1. The topological polar surface area (TPSA) is 51.1 Å². The van der Waals surface area contributed by atoms with Gasteiger partial charge in [-0.15, -0.1) is 0 Å². The number of carbonyl (C=O) groups is 1. The first kappa shape index (κ1) is 11.9. The van der Waals surface area contributed by atoms with E-state index in [1.54, 1.807) is 19.3 Å². The molecule has 1 aliphatic rings. The molecule has 0 atom stereocenters.